The lowest BCUT2D eigenvalue weighted by Crippen LogP contribution is -2.20. The average molecular weight is 388 g/mol. The molecule has 1 aromatic carbocycles. The first kappa shape index (κ1) is 18.9. The number of pyridine rings is 2. The van der Waals surface area contributed by atoms with Crippen LogP contribution in [0.1, 0.15) is 28.8 Å². The van der Waals surface area contributed by atoms with Crippen molar-refractivity contribution in [2.75, 3.05) is 30.4 Å². The lowest BCUT2D eigenvalue weighted by molar-refractivity contribution is 0.102. The maximum Gasteiger partial charge on any atom is 0.257 e. The Labute approximate surface area is 169 Å². The molecule has 1 amide bonds. The fraction of sp³-hybridized carbons (Fsp3) is 0.227. The van der Waals surface area contributed by atoms with Gasteiger partial charge in [-0.05, 0) is 54.1 Å². The Morgan fingerprint density at radius 3 is 2.76 bits per heavy atom. The van der Waals surface area contributed by atoms with Crippen molar-refractivity contribution in [2.24, 2.45) is 5.84 Å². The third kappa shape index (κ3) is 4.52. The number of aromatic nitrogens is 2. The zero-order chi connectivity index (χ0) is 20.2. The number of amides is 1. The summed E-state index contributed by atoms with van der Waals surface area (Å²) in [7, 11) is 1.77. The molecule has 0 radical (unpaired) electrons. The maximum atomic E-state index is 12.7. The smallest absolute Gasteiger partial charge is 0.257 e. The second-order valence-corrected chi connectivity index (χ2v) is 7.21. The van der Waals surface area contributed by atoms with Crippen molar-refractivity contribution in [2.45, 2.75) is 12.8 Å². The highest BCUT2D eigenvalue weighted by molar-refractivity contribution is 6.05. The monoisotopic (exact) mass is 388 g/mol. The first-order chi connectivity index (χ1) is 14.1. The van der Waals surface area contributed by atoms with E-state index in [0.29, 0.717) is 11.4 Å². The van der Waals surface area contributed by atoms with Crippen molar-refractivity contribution < 1.29 is 4.79 Å². The molecule has 7 heteroatoms. The second-order valence-electron chi connectivity index (χ2n) is 7.21. The first-order valence-electron chi connectivity index (χ1n) is 9.66. The Balaban J connectivity index is 1.54. The minimum atomic E-state index is -0.194. The SMILES string of the molecule is CN(N)/C=C/c1ccc2cnc(NC(=O)c3ccnc(N4CCCC4)c3)cc2c1. The Morgan fingerprint density at radius 1 is 1.14 bits per heavy atom. The van der Waals surface area contributed by atoms with Crippen LogP contribution < -0.4 is 16.1 Å². The minimum absolute atomic E-state index is 0.194. The van der Waals surface area contributed by atoms with Crippen molar-refractivity contribution in [1.29, 1.82) is 0 Å². The maximum absolute atomic E-state index is 12.7. The van der Waals surface area contributed by atoms with Crippen molar-refractivity contribution >= 4 is 34.4 Å². The van der Waals surface area contributed by atoms with Crippen molar-refractivity contribution in [3.05, 3.63) is 66.1 Å². The Kier molecular flexibility index (Phi) is 5.39. The zero-order valence-corrected chi connectivity index (χ0v) is 16.4. The molecule has 0 unspecified atom stereocenters. The average Bonchev–Trinajstić information content (AvgIpc) is 3.27. The lowest BCUT2D eigenvalue weighted by Gasteiger charge is -2.16. The van der Waals surface area contributed by atoms with Crippen LogP contribution in [0.2, 0.25) is 0 Å². The molecule has 0 bridgehead atoms. The van der Waals surface area contributed by atoms with Crippen LogP contribution in [0.4, 0.5) is 11.6 Å². The molecular formula is C22H24N6O. The second kappa shape index (κ2) is 8.28. The van der Waals surface area contributed by atoms with E-state index in [1.807, 2.05) is 36.4 Å². The van der Waals surface area contributed by atoms with Gasteiger partial charge in [0.05, 0.1) is 0 Å². The van der Waals surface area contributed by atoms with E-state index in [1.54, 1.807) is 31.7 Å². The van der Waals surface area contributed by atoms with Crippen molar-refractivity contribution in [3.8, 4) is 0 Å². The molecular weight excluding hydrogens is 364 g/mol. The number of hydrazine groups is 1. The van der Waals surface area contributed by atoms with Crippen LogP contribution in [-0.4, -0.2) is 41.0 Å². The molecule has 7 nitrogen and oxygen atoms in total. The summed E-state index contributed by atoms with van der Waals surface area (Å²) in [6.07, 6.45) is 9.48. The third-order valence-electron chi connectivity index (χ3n) is 4.93. The van der Waals surface area contributed by atoms with Gasteiger partial charge in [0.2, 0.25) is 0 Å². The molecule has 29 heavy (non-hydrogen) atoms. The summed E-state index contributed by atoms with van der Waals surface area (Å²) in [6, 6.07) is 11.5. The number of benzene rings is 1. The van der Waals surface area contributed by atoms with Crippen molar-refractivity contribution in [3.63, 3.8) is 0 Å². The summed E-state index contributed by atoms with van der Waals surface area (Å²) in [5.41, 5.74) is 1.59. The molecule has 3 heterocycles. The lowest BCUT2D eigenvalue weighted by atomic mass is 10.1. The number of hydrogen-bond donors (Lipinski definition) is 2. The third-order valence-corrected chi connectivity index (χ3v) is 4.93. The predicted molar refractivity (Wildman–Crippen MR) is 116 cm³/mol. The number of carbonyl (C=O) groups is 1. The van der Waals surface area contributed by atoms with E-state index >= 15 is 0 Å². The van der Waals surface area contributed by atoms with Gasteiger partial charge in [-0.3, -0.25) is 4.79 Å². The highest BCUT2D eigenvalue weighted by Gasteiger charge is 2.15. The molecule has 148 valence electrons. The number of nitrogens with two attached hydrogens (primary N) is 1. The van der Waals surface area contributed by atoms with Gasteiger partial charge in [-0.25, -0.2) is 15.8 Å². The zero-order valence-electron chi connectivity index (χ0n) is 16.4. The number of rotatable bonds is 5. The molecule has 0 saturated carbocycles. The number of carbonyl (C=O) groups excluding carboxylic acids is 1. The summed E-state index contributed by atoms with van der Waals surface area (Å²) < 4.78 is 0. The van der Waals surface area contributed by atoms with E-state index in [2.05, 4.69) is 20.2 Å². The topological polar surface area (TPSA) is 87.4 Å². The molecule has 0 aliphatic carbocycles. The van der Waals surface area contributed by atoms with E-state index in [0.717, 1.165) is 48.1 Å². The fourth-order valence-corrected chi connectivity index (χ4v) is 3.40. The standard InChI is InChI=1S/C22H24N6O/c1-27(23)11-7-16-4-5-18-15-25-20(13-19(18)12-16)26-22(29)17-6-8-24-21(14-17)28-9-2-3-10-28/h4-8,11-15H,2-3,9-10,23H2,1H3,(H,25,26,29)/b11-7+. The Morgan fingerprint density at radius 2 is 1.97 bits per heavy atom. The summed E-state index contributed by atoms with van der Waals surface area (Å²) in [5.74, 6) is 6.79. The van der Waals surface area contributed by atoms with Crippen LogP contribution in [0.25, 0.3) is 16.8 Å². The molecule has 0 atom stereocenters. The van der Waals surface area contributed by atoms with Gasteiger partial charge in [0.15, 0.2) is 0 Å². The molecule has 3 N–H and O–H groups in total. The summed E-state index contributed by atoms with van der Waals surface area (Å²) in [5, 5.41) is 6.38. The number of fused-ring (bicyclic) bond motifs is 1. The van der Waals surface area contributed by atoms with E-state index in [9.17, 15) is 4.79 Å². The van der Waals surface area contributed by atoms with Crippen LogP contribution in [-0.2, 0) is 0 Å². The van der Waals surface area contributed by atoms with Gasteiger partial charge in [0, 0.05) is 49.7 Å². The van der Waals surface area contributed by atoms with Gasteiger partial charge >= 0.3 is 0 Å². The highest BCUT2D eigenvalue weighted by atomic mass is 16.1. The van der Waals surface area contributed by atoms with Crippen LogP contribution >= 0.6 is 0 Å². The van der Waals surface area contributed by atoms with E-state index < -0.39 is 0 Å². The predicted octanol–water partition coefficient (Wildman–Crippen LogP) is 3.26. The van der Waals surface area contributed by atoms with Gasteiger partial charge in [-0.15, -0.1) is 0 Å². The number of nitrogens with one attached hydrogen (secondary N) is 1. The van der Waals surface area contributed by atoms with E-state index in [-0.39, 0.29) is 5.91 Å². The number of nitrogens with zero attached hydrogens (tertiary/aromatic N) is 4. The molecule has 1 saturated heterocycles. The number of hydrogen-bond acceptors (Lipinski definition) is 6. The molecule has 0 spiro atoms. The van der Waals surface area contributed by atoms with Crippen LogP contribution in [0, 0.1) is 0 Å². The van der Waals surface area contributed by atoms with Crippen LogP contribution in [0.5, 0.6) is 0 Å². The van der Waals surface area contributed by atoms with Crippen LogP contribution in [0.15, 0.2) is 55.0 Å². The first-order valence-corrected chi connectivity index (χ1v) is 9.66. The number of anilines is 2. The largest absolute Gasteiger partial charge is 0.357 e. The van der Waals surface area contributed by atoms with Gasteiger partial charge in [0.1, 0.15) is 11.6 Å². The van der Waals surface area contributed by atoms with Crippen molar-refractivity contribution in [1.82, 2.24) is 15.0 Å². The van der Waals surface area contributed by atoms with Gasteiger partial charge in [0.25, 0.3) is 5.91 Å². The van der Waals surface area contributed by atoms with E-state index in [1.165, 1.54) is 5.01 Å². The molecule has 2 aromatic heterocycles. The Hall–Kier alpha value is -3.45. The molecule has 1 aliphatic rings. The normalized spacial score (nSPS) is 13.9. The van der Waals surface area contributed by atoms with Gasteiger partial charge in [-0.1, -0.05) is 12.1 Å². The summed E-state index contributed by atoms with van der Waals surface area (Å²) in [4.78, 5) is 23.7. The molecule has 1 aliphatic heterocycles. The Bertz CT molecular complexity index is 1060. The van der Waals surface area contributed by atoms with E-state index in [4.69, 9.17) is 5.84 Å². The quantitative estimate of drug-likeness (QED) is 0.515. The summed E-state index contributed by atoms with van der Waals surface area (Å²) >= 11 is 0. The van der Waals surface area contributed by atoms with Gasteiger partial charge in [-0.2, -0.15) is 0 Å². The minimum Gasteiger partial charge on any atom is -0.357 e. The van der Waals surface area contributed by atoms with Crippen LogP contribution in [0.3, 0.4) is 0 Å². The molecule has 4 rings (SSSR count). The molecule has 3 aromatic rings. The molecule has 1 fully saturated rings. The van der Waals surface area contributed by atoms with Gasteiger partial charge < -0.3 is 15.2 Å². The highest BCUT2D eigenvalue weighted by Crippen LogP contribution is 2.21. The fourth-order valence-electron chi connectivity index (χ4n) is 3.40. The summed E-state index contributed by atoms with van der Waals surface area (Å²) in [6.45, 7) is 1.97.